The highest BCUT2D eigenvalue weighted by Crippen LogP contribution is 2.32. The summed E-state index contributed by atoms with van der Waals surface area (Å²) in [6.07, 6.45) is -5.42. The fourth-order valence-corrected chi connectivity index (χ4v) is 2.67. The first-order valence-electron chi connectivity index (χ1n) is 5.58. The van der Waals surface area contributed by atoms with Gasteiger partial charge in [-0.05, 0) is 41.5 Å². The van der Waals surface area contributed by atoms with Crippen molar-refractivity contribution in [2.45, 2.75) is 12.3 Å². The predicted octanol–water partition coefficient (Wildman–Crippen LogP) is 5.20. The molecule has 0 bridgehead atoms. The van der Waals surface area contributed by atoms with Crippen LogP contribution < -0.4 is 0 Å². The summed E-state index contributed by atoms with van der Waals surface area (Å²) in [5.41, 5.74) is 0.122. The Balaban J connectivity index is 2.31. The molecule has 6 heteroatoms. The van der Waals surface area contributed by atoms with E-state index in [-0.39, 0.29) is 0 Å². The average Bonchev–Trinajstić information content (AvgIpc) is 2.36. The zero-order valence-electron chi connectivity index (χ0n) is 9.96. The highest BCUT2D eigenvalue weighted by Gasteiger charge is 2.30. The Morgan fingerprint density at radius 3 is 2.10 bits per heavy atom. The Kier molecular flexibility index (Phi) is 4.42. The van der Waals surface area contributed by atoms with Crippen LogP contribution >= 0.6 is 27.5 Å². The van der Waals surface area contributed by atoms with E-state index in [2.05, 4.69) is 15.9 Å². The van der Waals surface area contributed by atoms with Crippen molar-refractivity contribution in [2.75, 3.05) is 0 Å². The van der Waals surface area contributed by atoms with E-state index >= 15 is 0 Å². The average molecular weight is 366 g/mol. The van der Waals surface area contributed by atoms with Crippen LogP contribution in [0.25, 0.3) is 0 Å². The lowest BCUT2D eigenvalue weighted by Gasteiger charge is -2.14. The fraction of sp³-hybridized carbons (Fsp3) is 0.143. The zero-order valence-corrected chi connectivity index (χ0v) is 12.3. The van der Waals surface area contributed by atoms with Gasteiger partial charge >= 0.3 is 6.18 Å². The molecule has 2 aromatic carbocycles. The van der Waals surface area contributed by atoms with Crippen LogP contribution in [-0.2, 0) is 6.18 Å². The van der Waals surface area contributed by atoms with Gasteiger partial charge in [-0.3, -0.25) is 0 Å². The summed E-state index contributed by atoms with van der Waals surface area (Å²) in [7, 11) is 0. The molecule has 106 valence electrons. The highest BCUT2D eigenvalue weighted by molar-refractivity contribution is 9.10. The van der Waals surface area contributed by atoms with E-state index < -0.39 is 17.8 Å². The lowest BCUT2D eigenvalue weighted by Crippen LogP contribution is -2.06. The molecule has 2 aromatic rings. The van der Waals surface area contributed by atoms with Gasteiger partial charge in [0.1, 0.15) is 6.10 Å². The Bertz CT molecular complexity index is 591. The number of benzene rings is 2. The largest absolute Gasteiger partial charge is 0.416 e. The van der Waals surface area contributed by atoms with Crippen LogP contribution in [0.3, 0.4) is 0 Å². The summed E-state index contributed by atoms with van der Waals surface area (Å²) in [6.45, 7) is 0. The van der Waals surface area contributed by atoms with E-state index in [0.717, 1.165) is 12.1 Å². The first kappa shape index (κ1) is 15.4. The number of halogens is 5. The summed E-state index contributed by atoms with van der Waals surface area (Å²) in [5, 5.41) is 10.6. The summed E-state index contributed by atoms with van der Waals surface area (Å²) in [4.78, 5) is 0. The molecule has 0 saturated carbocycles. The third kappa shape index (κ3) is 3.53. The Hall–Kier alpha value is -1.04. The quantitative estimate of drug-likeness (QED) is 0.775. The molecule has 0 heterocycles. The van der Waals surface area contributed by atoms with Crippen molar-refractivity contribution in [3.63, 3.8) is 0 Å². The molecule has 0 spiro atoms. The number of hydrogen-bond donors (Lipinski definition) is 1. The van der Waals surface area contributed by atoms with Gasteiger partial charge in [0.05, 0.1) is 5.56 Å². The molecule has 0 aliphatic heterocycles. The van der Waals surface area contributed by atoms with Crippen molar-refractivity contribution >= 4 is 27.5 Å². The summed E-state index contributed by atoms with van der Waals surface area (Å²) in [6, 6.07) is 9.27. The minimum Gasteiger partial charge on any atom is -0.384 e. The molecule has 0 aliphatic rings. The maximum atomic E-state index is 12.5. The van der Waals surface area contributed by atoms with Gasteiger partial charge in [0.25, 0.3) is 0 Å². The first-order valence-corrected chi connectivity index (χ1v) is 6.75. The molecule has 20 heavy (non-hydrogen) atoms. The van der Waals surface area contributed by atoms with Gasteiger partial charge in [0.2, 0.25) is 0 Å². The van der Waals surface area contributed by atoms with Crippen LogP contribution in [0, 0.1) is 0 Å². The molecular weight excluding hydrogens is 357 g/mol. The van der Waals surface area contributed by atoms with Crippen molar-refractivity contribution in [1.29, 1.82) is 0 Å². The molecule has 1 nitrogen and oxygen atoms in total. The summed E-state index contributed by atoms with van der Waals surface area (Å²) < 4.78 is 38.1. The molecule has 0 amide bonds. The lowest BCUT2D eigenvalue weighted by molar-refractivity contribution is -0.137. The molecular formula is C14H9BrClF3O. The summed E-state index contributed by atoms with van der Waals surface area (Å²) in [5.74, 6) is 0. The molecule has 1 N–H and O–H groups in total. The van der Waals surface area contributed by atoms with Gasteiger partial charge in [0.15, 0.2) is 0 Å². The van der Waals surface area contributed by atoms with E-state index in [0.29, 0.717) is 20.6 Å². The van der Waals surface area contributed by atoms with Crippen molar-refractivity contribution < 1.29 is 18.3 Å². The van der Waals surface area contributed by atoms with Gasteiger partial charge in [0, 0.05) is 9.50 Å². The van der Waals surface area contributed by atoms with Crippen LogP contribution in [0.1, 0.15) is 22.8 Å². The van der Waals surface area contributed by atoms with Crippen molar-refractivity contribution in [3.8, 4) is 0 Å². The number of alkyl halides is 3. The van der Waals surface area contributed by atoms with Gasteiger partial charge in [-0.2, -0.15) is 13.2 Å². The van der Waals surface area contributed by atoms with E-state index in [1.54, 1.807) is 18.2 Å². The molecule has 1 atom stereocenters. The monoisotopic (exact) mass is 364 g/mol. The second-order valence-corrected chi connectivity index (χ2v) is 5.58. The molecule has 0 fully saturated rings. The molecule has 2 rings (SSSR count). The Morgan fingerprint density at radius 1 is 1.00 bits per heavy atom. The van der Waals surface area contributed by atoms with Crippen LogP contribution in [0.4, 0.5) is 13.2 Å². The number of hydrogen-bond acceptors (Lipinski definition) is 1. The standard InChI is InChI=1S/C14H9BrClF3O/c15-11-5-9(6-12(16)7-11)13(20)8-1-3-10(4-2-8)14(17,18)19/h1-7,13,20H. The van der Waals surface area contributed by atoms with Crippen molar-refractivity contribution in [1.82, 2.24) is 0 Å². The molecule has 0 radical (unpaired) electrons. The molecule has 0 aliphatic carbocycles. The van der Waals surface area contributed by atoms with E-state index in [9.17, 15) is 18.3 Å². The molecule has 0 aromatic heterocycles. The number of rotatable bonds is 2. The predicted molar refractivity (Wildman–Crippen MR) is 74.7 cm³/mol. The van der Waals surface area contributed by atoms with E-state index in [1.165, 1.54) is 12.1 Å². The Morgan fingerprint density at radius 2 is 1.60 bits per heavy atom. The number of aliphatic hydroxyl groups excluding tert-OH is 1. The van der Waals surface area contributed by atoms with Gasteiger partial charge in [-0.1, -0.05) is 39.7 Å². The van der Waals surface area contributed by atoms with Crippen LogP contribution in [0.2, 0.25) is 5.02 Å². The molecule has 0 saturated heterocycles. The van der Waals surface area contributed by atoms with Crippen molar-refractivity contribution in [3.05, 3.63) is 68.7 Å². The first-order chi connectivity index (χ1) is 9.27. The SMILES string of the molecule is OC(c1ccc(C(F)(F)F)cc1)c1cc(Cl)cc(Br)c1. The van der Waals surface area contributed by atoms with Crippen LogP contribution in [-0.4, -0.2) is 5.11 Å². The maximum Gasteiger partial charge on any atom is 0.416 e. The van der Waals surface area contributed by atoms with Gasteiger partial charge in [-0.25, -0.2) is 0 Å². The fourth-order valence-electron chi connectivity index (χ4n) is 1.78. The van der Waals surface area contributed by atoms with Gasteiger partial charge < -0.3 is 5.11 Å². The van der Waals surface area contributed by atoms with E-state index in [4.69, 9.17) is 11.6 Å². The highest BCUT2D eigenvalue weighted by atomic mass is 79.9. The minimum atomic E-state index is -4.39. The summed E-state index contributed by atoms with van der Waals surface area (Å²) >= 11 is 9.12. The number of aliphatic hydroxyl groups is 1. The second kappa shape index (κ2) is 5.76. The Labute approximate surface area is 127 Å². The second-order valence-electron chi connectivity index (χ2n) is 4.23. The molecule has 1 unspecified atom stereocenters. The smallest absolute Gasteiger partial charge is 0.384 e. The lowest BCUT2D eigenvalue weighted by atomic mass is 10.0. The van der Waals surface area contributed by atoms with E-state index in [1.807, 2.05) is 0 Å². The van der Waals surface area contributed by atoms with Crippen molar-refractivity contribution in [2.24, 2.45) is 0 Å². The third-order valence-corrected chi connectivity index (χ3v) is 3.43. The maximum absolute atomic E-state index is 12.5. The minimum absolute atomic E-state index is 0.368. The topological polar surface area (TPSA) is 20.2 Å². The van der Waals surface area contributed by atoms with Crippen LogP contribution in [0.5, 0.6) is 0 Å². The van der Waals surface area contributed by atoms with Gasteiger partial charge in [-0.15, -0.1) is 0 Å². The van der Waals surface area contributed by atoms with Crippen LogP contribution in [0.15, 0.2) is 46.9 Å². The normalized spacial score (nSPS) is 13.3. The third-order valence-electron chi connectivity index (χ3n) is 2.75. The zero-order chi connectivity index (χ0) is 14.9.